The van der Waals surface area contributed by atoms with Crippen LogP contribution in [0.2, 0.25) is 64.5 Å². The predicted octanol–water partition coefficient (Wildman–Crippen LogP) is 5.26. The normalized spacial score (nSPS) is 16.0. The predicted molar refractivity (Wildman–Crippen MR) is 104 cm³/mol. The summed E-state index contributed by atoms with van der Waals surface area (Å²) in [7, 11) is -5.43. The first-order chi connectivity index (χ1) is 9.53. The van der Waals surface area contributed by atoms with Crippen LogP contribution in [0.5, 0.6) is 0 Å². The SMILES string of the molecule is CC(C)=C[C@@H](O[Si](C)(C)C)[C@@H](C(=O)O[Si](C)(C)C)[Si](C)(C)C. The minimum atomic E-state index is -1.90. The molecule has 0 spiro atoms. The fourth-order valence-corrected chi connectivity index (χ4v) is 6.20. The van der Waals surface area contributed by atoms with Crippen molar-refractivity contribution in [3.05, 3.63) is 11.6 Å². The summed E-state index contributed by atoms with van der Waals surface area (Å²) in [6.45, 7) is 23.5. The van der Waals surface area contributed by atoms with E-state index in [0.29, 0.717) is 0 Å². The molecule has 22 heavy (non-hydrogen) atoms. The van der Waals surface area contributed by atoms with Crippen molar-refractivity contribution >= 4 is 30.7 Å². The third-order valence-electron chi connectivity index (χ3n) is 2.91. The van der Waals surface area contributed by atoms with Crippen molar-refractivity contribution in [3.63, 3.8) is 0 Å². The molecule has 0 radical (unpaired) electrons. The first-order valence-electron chi connectivity index (χ1n) is 8.08. The van der Waals surface area contributed by atoms with Crippen molar-refractivity contribution in [1.82, 2.24) is 0 Å². The van der Waals surface area contributed by atoms with Gasteiger partial charge in [-0.25, -0.2) is 0 Å². The maximum absolute atomic E-state index is 12.9. The highest BCUT2D eigenvalue weighted by molar-refractivity contribution is 6.81. The first-order valence-corrected chi connectivity index (χ1v) is 18.5. The van der Waals surface area contributed by atoms with Gasteiger partial charge in [0.2, 0.25) is 8.32 Å². The van der Waals surface area contributed by atoms with E-state index in [4.69, 9.17) is 8.85 Å². The maximum Gasteiger partial charge on any atom is 0.295 e. The second kappa shape index (κ2) is 7.59. The van der Waals surface area contributed by atoms with Crippen LogP contribution in [0, 0.1) is 0 Å². The van der Waals surface area contributed by atoms with Crippen LogP contribution < -0.4 is 0 Å². The Labute approximate surface area is 140 Å². The maximum atomic E-state index is 12.9. The molecule has 0 saturated carbocycles. The molecule has 0 saturated heterocycles. The van der Waals surface area contributed by atoms with E-state index in [1.807, 2.05) is 0 Å². The number of carbonyl (C=O) groups excluding carboxylic acids is 1. The molecule has 6 heteroatoms. The molecule has 0 aliphatic carbocycles. The van der Waals surface area contributed by atoms with E-state index in [9.17, 15) is 4.79 Å². The lowest BCUT2D eigenvalue weighted by atomic mass is 10.2. The van der Waals surface area contributed by atoms with Gasteiger partial charge in [0.15, 0.2) is 8.32 Å². The average Bonchev–Trinajstić information content (AvgIpc) is 2.06. The second-order valence-electron chi connectivity index (χ2n) is 9.32. The Morgan fingerprint density at radius 3 is 1.59 bits per heavy atom. The van der Waals surface area contributed by atoms with Gasteiger partial charge in [0, 0.05) is 0 Å². The van der Waals surface area contributed by atoms with Crippen LogP contribution in [-0.2, 0) is 13.6 Å². The summed E-state index contributed by atoms with van der Waals surface area (Å²) in [6, 6.07) is 0. The van der Waals surface area contributed by atoms with E-state index in [1.54, 1.807) is 0 Å². The fraction of sp³-hybridized carbons (Fsp3) is 0.812. The van der Waals surface area contributed by atoms with Gasteiger partial charge in [-0.3, -0.25) is 4.79 Å². The summed E-state index contributed by atoms with van der Waals surface area (Å²) in [5.41, 5.74) is 1.04. The van der Waals surface area contributed by atoms with Gasteiger partial charge >= 0.3 is 0 Å². The molecule has 2 atom stereocenters. The van der Waals surface area contributed by atoms with E-state index in [0.717, 1.165) is 0 Å². The van der Waals surface area contributed by atoms with Crippen LogP contribution in [0.1, 0.15) is 13.8 Å². The Morgan fingerprint density at radius 1 is 0.864 bits per heavy atom. The van der Waals surface area contributed by atoms with Gasteiger partial charge in [0.05, 0.1) is 19.7 Å². The molecule has 0 rings (SSSR count). The van der Waals surface area contributed by atoms with Gasteiger partial charge in [-0.1, -0.05) is 31.3 Å². The number of hydrogen-bond donors (Lipinski definition) is 0. The summed E-state index contributed by atoms with van der Waals surface area (Å²) in [6.07, 6.45) is 1.96. The molecule has 0 aliphatic rings. The number of rotatable bonds is 7. The third kappa shape index (κ3) is 9.07. The minimum absolute atomic E-state index is 0.0564. The monoisotopic (exact) mass is 360 g/mol. The Kier molecular flexibility index (Phi) is 7.53. The van der Waals surface area contributed by atoms with E-state index in [-0.39, 0.29) is 17.6 Å². The fourth-order valence-electron chi connectivity index (χ4n) is 2.28. The number of hydrogen-bond acceptors (Lipinski definition) is 3. The summed E-state index contributed by atoms with van der Waals surface area (Å²) in [5, 5.41) is 0. The molecule has 0 heterocycles. The topological polar surface area (TPSA) is 35.5 Å². The summed E-state index contributed by atoms with van der Waals surface area (Å²) in [4.78, 5) is 12.9. The van der Waals surface area contributed by atoms with Crippen molar-refractivity contribution in [2.45, 2.75) is 84.4 Å². The van der Waals surface area contributed by atoms with Crippen LogP contribution in [0.15, 0.2) is 11.6 Å². The number of carbonyl (C=O) groups is 1. The highest BCUT2D eigenvalue weighted by atomic mass is 28.4. The molecule has 0 unspecified atom stereocenters. The molecule has 0 aliphatic heterocycles. The van der Waals surface area contributed by atoms with E-state index >= 15 is 0 Å². The molecular weight excluding hydrogens is 324 g/mol. The van der Waals surface area contributed by atoms with Crippen LogP contribution in [0.3, 0.4) is 0 Å². The molecule has 0 bridgehead atoms. The van der Waals surface area contributed by atoms with Crippen LogP contribution >= 0.6 is 0 Å². The van der Waals surface area contributed by atoms with Crippen molar-refractivity contribution in [2.75, 3.05) is 0 Å². The van der Waals surface area contributed by atoms with E-state index in [2.05, 4.69) is 78.8 Å². The second-order valence-corrected chi connectivity index (χ2v) is 23.6. The molecule has 0 amide bonds. The van der Waals surface area contributed by atoms with Crippen LogP contribution in [-0.4, -0.2) is 36.8 Å². The molecule has 130 valence electrons. The van der Waals surface area contributed by atoms with Gasteiger partial charge in [-0.15, -0.1) is 0 Å². The molecule has 0 N–H and O–H groups in total. The van der Waals surface area contributed by atoms with Crippen molar-refractivity contribution in [2.24, 2.45) is 0 Å². The Balaban J connectivity index is 5.69. The van der Waals surface area contributed by atoms with Crippen LogP contribution in [0.4, 0.5) is 0 Å². The molecular formula is C16H36O3Si3. The quantitative estimate of drug-likeness (QED) is 0.459. The smallest absolute Gasteiger partial charge is 0.295 e. The van der Waals surface area contributed by atoms with E-state index < -0.39 is 24.7 Å². The Bertz CT molecular complexity index is 408. The lowest BCUT2D eigenvalue weighted by Crippen LogP contribution is -2.48. The average molecular weight is 361 g/mol. The summed E-state index contributed by atoms with van der Waals surface area (Å²) in [5.74, 6) is -0.0564. The standard InChI is InChI=1S/C16H36O3Si3/c1-13(2)12-14(18-21(6,7)8)15(20(3,4)5)16(17)19-22(9,10)11/h12,14-15H,1-11H3/t14-,15+/m1/s1. The van der Waals surface area contributed by atoms with E-state index in [1.165, 1.54) is 5.57 Å². The molecule has 0 aromatic carbocycles. The van der Waals surface area contributed by atoms with Gasteiger partial charge < -0.3 is 8.85 Å². The van der Waals surface area contributed by atoms with Crippen molar-refractivity contribution < 1.29 is 13.6 Å². The largest absolute Gasteiger partial charge is 0.520 e. The van der Waals surface area contributed by atoms with Gasteiger partial charge in [-0.2, -0.15) is 0 Å². The highest BCUT2D eigenvalue weighted by Gasteiger charge is 2.43. The molecule has 0 aromatic heterocycles. The zero-order valence-electron chi connectivity index (χ0n) is 16.5. The summed E-state index contributed by atoms with van der Waals surface area (Å²) < 4.78 is 12.2. The lowest BCUT2D eigenvalue weighted by Gasteiger charge is -2.37. The Hall–Kier alpha value is -0.179. The Morgan fingerprint density at radius 2 is 1.32 bits per heavy atom. The van der Waals surface area contributed by atoms with Crippen LogP contribution in [0.25, 0.3) is 0 Å². The first kappa shape index (κ1) is 21.8. The minimum Gasteiger partial charge on any atom is -0.520 e. The number of allylic oxidation sites excluding steroid dienone is 1. The summed E-state index contributed by atoms with van der Waals surface area (Å²) >= 11 is 0. The molecule has 3 nitrogen and oxygen atoms in total. The van der Waals surface area contributed by atoms with Crippen molar-refractivity contribution in [3.8, 4) is 0 Å². The lowest BCUT2D eigenvalue weighted by molar-refractivity contribution is -0.136. The zero-order valence-corrected chi connectivity index (χ0v) is 19.5. The molecule has 0 aromatic rings. The van der Waals surface area contributed by atoms with Gasteiger partial charge in [-0.05, 0) is 53.1 Å². The molecule has 0 fully saturated rings. The third-order valence-corrected chi connectivity index (χ3v) is 7.13. The van der Waals surface area contributed by atoms with Gasteiger partial charge in [0.25, 0.3) is 5.97 Å². The highest BCUT2D eigenvalue weighted by Crippen LogP contribution is 2.33. The van der Waals surface area contributed by atoms with Gasteiger partial charge in [0.1, 0.15) is 0 Å². The zero-order chi connectivity index (χ0) is 17.9. The van der Waals surface area contributed by atoms with Crippen molar-refractivity contribution in [1.29, 1.82) is 0 Å².